The van der Waals surface area contributed by atoms with Gasteiger partial charge in [-0.3, -0.25) is 14.9 Å². The third-order valence-corrected chi connectivity index (χ3v) is 7.11. The molecule has 1 saturated heterocycles. The summed E-state index contributed by atoms with van der Waals surface area (Å²) in [6.45, 7) is 2.92. The van der Waals surface area contributed by atoms with Crippen LogP contribution in [0.1, 0.15) is 20.0 Å². The van der Waals surface area contributed by atoms with Gasteiger partial charge in [-0.25, -0.2) is 0 Å². The number of ether oxygens (including phenoxy) is 1. The second kappa shape index (κ2) is 11.0. The molecular weight excluding hydrogens is 536 g/mol. The van der Waals surface area contributed by atoms with Gasteiger partial charge in [0, 0.05) is 43.1 Å². The molecule has 1 aliphatic heterocycles. The molecule has 3 aromatic rings. The average molecular weight is 560 g/mol. The van der Waals surface area contributed by atoms with Crippen molar-refractivity contribution in [2.24, 2.45) is 0 Å². The van der Waals surface area contributed by atoms with Crippen LogP contribution in [0.2, 0.25) is 0 Å². The number of anilines is 2. The molecule has 0 saturated carbocycles. The van der Waals surface area contributed by atoms with Gasteiger partial charge < -0.3 is 19.9 Å². The Morgan fingerprint density at radius 1 is 1.06 bits per heavy atom. The minimum Gasteiger partial charge on any atom is -0.496 e. The standard InChI is InChI=1S/C24H23BrN4O3S2/c1-32-20-9-4-16(15-19(20)25)22(30)27-24(33)26-17-5-7-18(8-6-17)28-10-12-29(13-11-28)23(31)21-3-2-14-34-21/h2-9,14-15H,10-13H2,1H3,(H2,26,27,30,33). The summed E-state index contributed by atoms with van der Waals surface area (Å²) in [5, 5.41) is 7.87. The van der Waals surface area contributed by atoms with Gasteiger partial charge in [0.1, 0.15) is 5.75 Å². The molecular formula is C24H23BrN4O3S2. The number of amides is 2. The number of halogens is 1. The fourth-order valence-corrected chi connectivity index (χ4v) is 5.07. The maximum Gasteiger partial charge on any atom is 0.264 e. The Morgan fingerprint density at radius 2 is 1.79 bits per heavy atom. The van der Waals surface area contributed by atoms with E-state index in [1.807, 2.05) is 46.7 Å². The Labute approximate surface area is 215 Å². The van der Waals surface area contributed by atoms with Crippen LogP contribution >= 0.6 is 39.5 Å². The van der Waals surface area contributed by atoms with Crippen molar-refractivity contribution >= 4 is 67.8 Å². The normalized spacial score (nSPS) is 13.4. The first kappa shape index (κ1) is 24.2. The van der Waals surface area contributed by atoms with Crippen molar-refractivity contribution in [2.75, 3.05) is 43.5 Å². The highest BCUT2D eigenvalue weighted by Crippen LogP contribution is 2.25. The number of nitrogens with zero attached hydrogens (tertiary/aromatic N) is 2. The van der Waals surface area contributed by atoms with Crippen molar-refractivity contribution in [1.29, 1.82) is 0 Å². The summed E-state index contributed by atoms with van der Waals surface area (Å²) < 4.78 is 5.88. The number of piperazine rings is 1. The van der Waals surface area contributed by atoms with Gasteiger partial charge in [-0.15, -0.1) is 11.3 Å². The van der Waals surface area contributed by atoms with Crippen molar-refractivity contribution in [1.82, 2.24) is 10.2 Å². The number of thiocarbonyl (C=S) groups is 1. The summed E-state index contributed by atoms with van der Waals surface area (Å²) in [6, 6.07) is 16.7. The molecule has 34 heavy (non-hydrogen) atoms. The van der Waals surface area contributed by atoms with Gasteiger partial charge in [0.05, 0.1) is 16.5 Å². The summed E-state index contributed by atoms with van der Waals surface area (Å²) in [5.74, 6) is 0.437. The van der Waals surface area contributed by atoms with Crippen LogP contribution in [0, 0.1) is 0 Å². The average Bonchev–Trinajstić information content (AvgIpc) is 3.39. The Bertz CT molecular complexity index is 1180. The van der Waals surface area contributed by atoms with Crippen LogP contribution in [-0.2, 0) is 0 Å². The number of thiophene rings is 1. The van der Waals surface area contributed by atoms with Crippen molar-refractivity contribution < 1.29 is 14.3 Å². The molecule has 2 amide bonds. The minimum atomic E-state index is -0.313. The number of carbonyl (C=O) groups excluding carboxylic acids is 2. The van der Waals surface area contributed by atoms with E-state index in [1.165, 1.54) is 11.3 Å². The van der Waals surface area contributed by atoms with E-state index in [0.29, 0.717) is 28.9 Å². The highest BCUT2D eigenvalue weighted by Gasteiger charge is 2.22. The molecule has 176 valence electrons. The summed E-state index contributed by atoms with van der Waals surface area (Å²) in [7, 11) is 1.57. The molecule has 0 unspecified atom stereocenters. The Morgan fingerprint density at radius 3 is 2.41 bits per heavy atom. The van der Waals surface area contributed by atoms with Gasteiger partial charge in [-0.1, -0.05) is 6.07 Å². The maximum absolute atomic E-state index is 12.5. The lowest BCUT2D eigenvalue weighted by molar-refractivity contribution is 0.0751. The molecule has 0 bridgehead atoms. The number of nitrogens with one attached hydrogen (secondary N) is 2. The highest BCUT2D eigenvalue weighted by molar-refractivity contribution is 9.10. The first-order valence-corrected chi connectivity index (χ1v) is 12.7. The molecule has 2 aromatic carbocycles. The number of carbonyl (C=O) groups is 2. The van der Waals surface area contributed by atoms with Gasteiger partial charge in [0.15, 0.2) is 5.11 Å². The lowest BCUT2D eigenvalue weighted by atomic mass is 10.2. The van der Waals surface area contributed by atoms with Crippen LogP contribution < -0.4 is 20.3 Å². The molecule has 1 aromatic heterocycles. The van der Waals surface area contributed by atoms with E-state index in [9.17, 15) is 9.59 Å². The smallest absolute Gasteiger partial charge is 0.264 e. The predicted molar refractivity (Wildman–Crippen MR) is 143 cm³/mol. The van der Waals surface area contributed by atoms with E-state index >= 15 is 0 Å². The van der Waals surface area contributed by atoms with Crippen LogP contribution in [0.5, 0.6) is 5.75 Å². The number of methoxy groups -OCH3 is 1. The topological polar surface area (TPSA) is 73.9 Å². The zero-order chi connectivity index (χ0) is 24.1. The Hall–Kier alpha value is -2.95. The number of hydrogen-bond acceptors (Lipinski definition) is 6. The van der Waals surface area contributed by atoms with Crippen molar-refractivity contribution in [2.45, 2.75) is 0 Å². The molecule has 1 fully saturated rings. The van der Waals surface area contributed by atoms with E-state index in [1.54, 1.807) is 25.3 Å². The zero-order valence-corrected chi connectivity index (χ0v) is 21.6. The quantitative estimate of drug-likeness (QED) is 0.445. The lowest BCUT2D eigenvalue weighted by Gasteiger charge is -2.36. The Kier molecular flexibility index (Phi) is 7.81. The predicted octanol–water partition coefficient (Wildman–Crippen LogP) is 4.61. The first-order valence-electron chi connectivity index (χ1n) is 10.6. The molecule has 2 heterocycles. The molecule has 0 atom stereocenters. The van der Waals surface area contributed by atoms with Gasteiger partial charge in [0.2, 0.25) is 0 Å². The molecule has 0 radical (unpaired) electrons. The molecule has 10 heteroatoms. The molecule has 7 nitrogen and oxygen atoms in total. The highest BCUT2D eigenvalue weighted by atomic mass is 79.9. The molecule has 0 spiro atoms. The third kappa shape index (κ3) is 5.75. The second-order valence-corrected chi connectivity index (χ2v) is 9.77. The SMILES string of the molecule is COc1ccc(C(=O)NC(=S)Nc2ccc(N3CCN(C(=O)c4cccs4)CC3)cc2)cc1Br. The van der Waals surface area contributed by atoms with Crippen LogP contribution in [0.3, 0.4) is 0 Å². The van der Waals surface area contributed by atoms with Crippen LogP contribution in [0.15, 0.2) is 64.5 Å². The van der Waals surface area contributed by atoms with Crippen molar-refractivity contribution in [3.8, 4) is 5.75 Å². The monoisotopic (exact) mass is 558 g/mol. The molecule has 4 rings (SSSR count). The van der Waals surface area contributed by atoms with E-state index < -0.39 is 0 Å². The fourth-order valence-electron chi connectivity index (χ4n) is 3.62. The van der Waals surface area contributed by atoms with Gasteiger partial charge in [0.25, 0.3) is 11.8 Å². The van der Waals surface area contributed by atoms with Gasteiger partial charge >= 0.3 is 0 Å². The van der Waals surface area contributed by atoms with E-state index in [4.69, 9.17) is 17.0 Å². The van der Waals surface area contributed by atoms with Crippen molar-refractivity contribution in [3.63, 3.8) is 0 Å². The number of rotatable bonds is 5. The van der Waals surface area contributed by atoms with E-state index in [0.717, 1.165) is 29.3 Å². The second-order valence-electron chi connectivity index (χ2n) is 7.56. The van der Waals surface area contributed by atoms with Gasteiger partial charge in [-0.05, 0) is 82.1 Å². The lowest BCUT2D eigenvalue weighted by Crippen LogP contribution is -2.48. The Balaban J connectivity index is 1.28. The summed E-state index contributed by atoms with van der Waals surface area (Å²) in [6.07, 6.45) is 0. The third-order valence-electron chi connectivity index (χ3n) is 5.43. The minimum absolute atomic E-state index is 0.103. The van der Waals surface area contributed by atoms with Gasteiger partial charge in [-0.2, -0.15) is 0 Å². The van der Waals surface area contributed by atoms with E-state index in [-0.39, 0.29) is 16.9 Å². The number of benzene rings is 2. The zero-order valence-electron chi connectivity index (χ0n) is 18.4. The maximum atomic E-state index is 12.5. The van der Waals surface area contributed by atoms with Crippen LogP contribution in [0.25, 0.3) is 0 Å². The van der Waals surface area contributed by atoms with Crippen LogP contribution in [0.4, 0.5) is 11.4 Å². The molecule has 2 N–H and O–H groups in total. The fraction of sp³-hybridized carbons (Fsp3) is 0.208. The molecule has 0 aliphatic carbocycles. The van der Waals surface area contributed by atoms with Crippen LogP contribution in [-0.4, -0.2) is 55.1 Å². The largest absolute Gasteiger partial charge is 0.496 e. The van der Waals surface area contributed by atoms with Crippen molar-refractivity contribution in [3.05, 3.63) is 74.9 Å². The first-order chi connectivity index (χ1) is 16.4. The summed E-state index contributed by atoms with van der Waals surface area (Å²) in [5.41, 5.74) is 2.31. The van der Waals surface area contributed by atoms with E-state index in [2.05, 4.69) is 31.5 Å². The molecule has 1 aliphatic rings. The summed E-state index contributed by atoms with van der Waals surface area (Å²) >= 11 is 10.2. The summed E-state index contributed by atoms with van der Waals surface area (Å²) in [4.78, 5) is 29.9. The number of hydrogen-bond donors (Lipinski definition) is 2.